The summed E-state index contributed by atoms with van der Waals surface area (Å²) >= 11 is 0. The third-order valence-corrected chi connectivity index (χ3v) is 6.52. The van der Waals surface area contributed by atoms with Gasteiger partial charge >= 0.3 is 5.97 Å². The van der Waals surface area contributed by atoms with E-state index in [1.807, 2.05) is 0 Å². The van der Waals surface area contributed by atoms with Crippen molar-refractivity contribution >= 4 is 21.7 Å². The van der Waals surface area contributed by atoms with Gasteiger partial charge < -0.3 is 10.0 Å². The van der Waals surface area contributed by atoms with Crippen LogP contribution in [0.15, 0.2) is 29.2 Å². The van der Waals surface area contributed by atoms with E-state index in [0.717, 1.165) is 5.56 Å². The highest BCUT2D eigenvalue weighted by Crippen LogP contribution is 2.19. The van der Waals surface area contributed by atoms with Crippen molar-refractivity contribution in [2.24, 2.45) is 5.92 Å². The number of hydrogen-bond donors (Lipinski definition) is 1. The third-order valence-electron chi connectivity index (χ3n) is 4.35. The first-order valence-corrected chi connectivity index (χ1v) is 9.60. The van der Waals surface area contributed by atoms with Crippen LogP contribution in [0.2, 0.25) is 0 Å². The Morgan fingerprint density at radius 1 is 1.25 bits per heavy atom. The average Bonchev–Trinajstić information content (AvgIpc) is 2.55. The van der Waals surface area contributed by atoms with Crippen molar-refractivity contribution in [2.75, 3.05) is 13.1 Å². The van der Waals surface area contributed by atoms with Crippen molar-refractivity contribution in [3.63, 3.8) is 0 Å². The van der Waals surface area contributed by atoms with E-state index in [1.165, 1.54) is 12.1 Å². The van der Waals surface area contributed by atoms with Crippen LogP contribution in [0.3, 0.4) is 0 Å². The Bertz CT molecular complexity index is 709. The number of carboxylic acid groups (broad SMARTS) is 1. The van der Waals surface area contributed by atoms with Crippen LogP contribution in [0.5, 0.6) is 0 Å². The summed E-state index contributed by atoms with van der Waals surface area (Å²) in [6, 6.07) is 6.33. The molecule has 0 radical (unpaired) electrons. The number of sulfone groups is 1. The van der Waals surface area contributed by atoms with Crippen molar-refractivity contribution in [1.82, 2.24) is 4.90 Å². The number of carbonyl (C=O) groups excluding carboxylic acids is 1. The lowest BCUT2D eigenvalue weighted by Crippen LogP contribution is -2.42. The second kappa shape index (κ2) is 7.34. The van der Waals surface area contributed by atoms with E-state index in [1.54, 1.807) is 30.9 Å². The highest BCUT2D eigenvalue weighted by molar-refractivity contribution is 7.92. The number of amides is 1. The van der Waals surface area contributed by atoms with Crippen LogP contribution < -0.4 is 0 Å². The minimum Gasteiger partial charge on any atom is -0.481 e. The Labute approximate surface area is 142 Å². The van der Waals surface area contributed by atoms with Crippen molar-refractivity contribution in [1.29, 1.82) is 0 Å². The number of benzene rings is 1. The maximum atomic E-state index is 12.3. The first-order chi connectivity index (χ1) is 11.2. The Kier molecular flexibility index (Phi) is 5.64. The number of nitrogens with zero attached hydrogens (tertiary/aromatic N) is 1. The van der Waals surface area contributed by atoms with Gasteiger partial charge in [-0.1, -0.05) is 12.1 Å². The van der Waals surface area contributed by atoms with E-state index >= 15 is 0 Å². The zero-order chi connectivity index (χ0) is 17.9. The number of carboxylic acids is 1. The van der Waals surface area contributed by atoms with Gasteiger partial charge in [0.2, 0.25) is 5.91 Å². The van der Waals surface area contributed by atoms with Gasteiger partial charge in [-0.05, 0) is 44.4 Å². The lowest BCUT2D eigenvalue weighted by atomic mass is 9.97. The molecule has 0 aromatic heterocycles. The molecule has 0 spiro atoms. The summed E-state index contributed by atoms with van der Waals surface area (Å²) in [7, 11) is -3.32. The molecule has 1 N–H and O–H groups in total. The van der Waals surface area contributed by atoms with Crippen LogP contribution >= 0.6 is 0 Å². The summed E-state index contributed by atoms with van der Waals surface area (Å²) in [5, 5.41) is 8.59. The topological polar surface area (TPSA) is 91.8 Å². The average molecular weight is 353 g/mol. The monoisotopic (exact) mass is 353 g/mol. The van der Waals surface area contributed by atoms with Crippen LogP contribution in [-0.4, -0.2) is 48.6 Å². The van der Waals surface area contributed by atoms with Gasteiger partial charge in [0.25, 0.3) is 0 Å². The number of hydrogen-bond acceptors (Lipinski definition) is 4. The number of likely N-dealkylation sites (tertiary alicyclic amines) is 1. The maximum Gasteiger partial charge on any atom is 0.308 e. The fourth-order valence-electron chi connectivity index (χ4n) is 2.76. The summed E-state index contributed by atoms with van der Waals surface area (Å²) in [6.45, 7) is 4.07. The van der Waals surface area contributed by atoms with Crippen LogP contribution in [0.4, 0.5) is 0 Å². The standard InChI is InChI=1S/C17H23NO5S/c1-12(2)24(22,23)15-7-5-13(6-8-15)10-16(19)18-9-3-4-14(11-18)17(20)21/h5-8,12,14H,3-4,9-11H2,1-2H3,(H,20,21)/t14-/m0/s1. The summed E-state index contributed by atoms with van der Waals surface area (Å²) in [4.78, 5) is 25.2. The molecule has 1 aromatic rings. The smallest absolute Gasteiger partial charge is 0.308 e. The molecule has 2 rings (SSSR count). The second-order valence-corrected chi connectivity index (χ2v) is 8.94. The number of rotatable bonds is 5. The molecule has 132 valence electrons. The normalized spacial score (nSPS) is 18.6. The Morgan fingerprint density at radius 2 is 1.88 bits per heavy atom. The molecule has 1 amide bonds. The van der Waals surface area contributed by atoms with Crippen molar-refractivity contribution in [3.8, 4) is 0 Å². The van der Waals surface area contributed by atoms with E-state index in [-0.39, 0.29) is 23.8 Å². The van der Waals surface area contributed by atoms with Gasteiger partial charge in [0.1, 0.15) is 0 Å². The summed E-state index contributed by atoms with van der Waals surface area (Å²) in [5.74, 6) is -1.49. The van der Waals surface area contributed by atoms with Gasteiger partial charge in [-0.2, -0.15) is 0 Å². The SMILES string of the molecule is CC(C)S(=O)(=O)c1ccc(CC(=O)N2CCC[C@H](C(=O)O)C2)cc1. The largest absolute Gasteiger partial charge is 0.481 e. The van der Waals surface area contributed by atoms with Crippen molar-refractivity contribution in [3.05, 3.63) is 29.8 Å². The number of carbonyl (C=O) groups is 2. The Hall–Kier alpha value is -1.89. The minimum atomic E-state index is -3.32. The van der Waals surface area contributed by atoms with Crippen LogP contribution in [0.25, 0.3) is 0 Å². The van der Waals surface area contributed by atoms with E-state index in [9.17, 15) is 18.0 Å². The molecule has 0 saturated carbocycles. The summed E-state index contributed by atoms with van der Waals surface area (Å²) in [6.07, 6.45) is 1.43. The summed E-state index contributed by atoms with van der Waals surface area (Å²) < 4.78 is 24.2. The highest BCUT2D eigenvalue weighted by atomic mass is 32.2. The molecule has 1 fully saturated rings. The molecule has 0 unspecified atom stereocenters. The van der Waals surface area contributed by atoms with Gasteiger partial charge in [-0.25, -0.2) is 8.42 Å². The van der Waals surface area contributed by atoms with Gasteiger partial charge in [0.15, 0.2) is 9.84 Å². The van der Waals surface area contributed by atoms with Gasteiger partial charge in [-0.3, -0.25) is 9.59 Å². The molecule has 1 atom stereocenters. The predicted molar refractivity (Wildman–Crippen MR) is 89.4 cm³/mol. The molecule has 1 saturated heterocycles. The Balaban J connectivity index is 2.03. The van der Waals surface area contributed by atoms with Crippen LogP contribution in [-0.2, 0) is 25.8 Å². The lowest BCUT2D eigenvalue weighted by Gasteiger charge is -2.30. The summed E-state index contributed by atoms with van der Waals surface area (Å²) in [5.41, 5.74) is 0.722. The number of aliphatic carboxylic acids is 1. The maximum absolute atomic E-state index is 12.3. The number of piperidine rings is 1. The van der Waals surface area contributed by atoms with E-state index < -0.39 is 27.0 Å². The fourth-order valence-corrected chi connectivity index (χ4v) is 3.82. The molecule has 0 bridgehead atoms. The van der Waals surface area contributed by atoms with Gasteiger partial charge in [-0.15, -0.1) is 0 Å². The highest BCUT2D eigenvalue weighted by Gasteiger charge is 2.28. The van der Waals surface area contributed by atoms with Gasteiger partial charge in [0, 0.05) is 13.1 Å². The van der Waals surface area contributed by atoms with Crippen molar-refractivity contribution in [2.45, 2.75) is 43.3 Å². The fraction of sp³-hybridized carbons (Fsp3) is 0.529. The Morgan fingerprint density at radius 3 is 2.42 bits per heavy atom. The molecule has 1 heterocycles. The minimum absolute atomic E-state index is 0.125. The van der Waals surface area contributed by atoms with E-state index in [2.05, 4.69) is 0 Å². The van der Waals surface area contributed by atoms with Gasteiger partial charge in [0.05, 0.1) is 22.5 Å². The second-order valence-electron chi connectivity index (χ2n) is 6.43. The van der Waals surface area contributed by atoms with E-state index in [0.29, 0.717) is 19.4 Å². The molecule has 24 heavy (non-hydrogen) atoms. The molecule has 1 aliphatic heterocycles. The molecular weight excluding hydrogens is 330 g/mol. The first-order valence-electron chi connectivity index (χ1n) is 8.05. The zero-order valence-electron chi connectivity index (χ0n) is 13.9. The molecule has 6 nitrogen and oxygen atoms in total. The molecule has 1 aromatic carbocycles. The van der Waals surface area contributed by atoms with Crippen molar-refractivity contribution < 1.29 is 23.1 Å². The van der Waals surface area contributed by atoms with E-state index in [4.69, 9.17) is 5.11 Å². The quantitative estimate of drug-likeness (QED) is 0.870. The molecule has 0 aliphatic carbocycles. The predicted octanol–water partition coefficient (Wildman–Crippen LogP) is 1.73. The zero-order valence-corrected chi connectivity index (χ0v) is 14.8. The third kappa shape index (κ3) is 4.14. The van der Waals surface area contributed by atoms with Crippen LogP contribution in [0.1, 0.15) is 32.3 Å². The molecular formula is C17H23NO5S. The molecule has 7 heteroatoms. The van der Waals surface area contributed by atoms with Crippen LogP contribution in [0, 0.1) is 5.92 Å². The molecule has 1 aliphatic rings. The lowest BCUT2D eigenvalue weighted by molar-refractivity contribution is -0.145. The first kappa shape index (κ1) is 18.4.